The van der Waals surface area contributed by atoms with Crippen molar-refractivity contribution in [1.29, 1.82) is 15.8 Å². The zero-order valence-corrected chi connectivity index (χ0v) is 63.5. The molecule has 0 saturated carbocycles. The van der Waals surface area contributed by atoms with Gasteiger partial charge in [0, 0.05) is 66.8 Å². The van der Waals surface area contributed by atoms with Gasteiger partial charge in [-0.05, 0) is 146 Å². The van der Waals surface area contributed by atoms with Crippen LogP contribution in [0.4, 0.5) is 5.69 Å². The number of rotatable bonds is 28. The van der Waals surface area contributed by atoms with E-state index in [0.29, 0.717) is 0 Å². The standard InChI is InChI=1S/C88H88N4OS6/c1-9-13-17-21-25-56-29-40-62(41-30-56)87(63-42-31-57(32-43-63)26-22-18-14-10-2)73-78-70(51-67(94-78)50-39-60-37-48-66(49-38-60)92(7)8)96-80(73)82-75(87)84-85(98-82)76-83(99-84)81-74(79-71(97-81)52-69(95-79)72-68(55-91)77(61(53-89)54-90)93-86(72,5)6)88(76,64-44-33-58(34-45-64)27-23-19-15-11-3)65-46-35-59(36-47-65)28-24-20-16-12-4/h29-52H,9-28H2,1-8H3/b50-39+. The molecular weight excluding hydrogens is 1320 g/mol. The van der Waals surface area contributed by atoms with Gasteiger partial charge in [0.25, 0.3) is 0 Å². The number of hydrogen-bond donors (Lipinski definition) is 0. The molecule has 11 heteroatoms. The van der Waals surface area contributed by atoms with E-state index >= 15 is 0 Å². The molecule has 14 rings (SSSR count). The molecule has 0 saturated heterocycles. The SMILES string of the molecule is CCCCCCc1ccc(C2(c3ccc(CCCCCC)cc3)c3c(sc4cc(/C=C/c5ccc(N(C)C)cc5)sc34)-c3sc4c5c(sc4c32)-c2sc3cc(C4=C(C#N)C(=C(C#N)C#N)OC4(C)C)sc3c2C5(c2ccc(CCCCCC)cc2)c2ccc(CCCCCC)cc2)cc1. The Hall–Kier alpha value is -7.63. The second-order valence-electron chi connectivity index (χ2n) is 28.3. The van der Waals surface area contributed by atoms with Crippen LogP contribution in [0.25, 0.3) is 65.4 Å². The zero-order chi connectivity index (χ0) is 68.6. The van der Waals surface area contributed by atoms with E-state index in [2.05, 4.69) is 198 Å². The monoisotopic (exact) mass is 1410 g/mol. The molecular formula is C88H88N4OS6. The Morgan fingerprint density at radius 3 is 1.20 bits per heavy atom. The average Bonchev–Trinajstić information content (AvgIpc) is 1.48. The van der Waals surface area contributed by atoms with Gasteiger partial charge in [-0.2, -0.15) is 15.8 Å². The minimum Gasteiger partial charge on any atom is -0.479 e. The fourth-order valence-electron chi connectivity index (χ4n) is 16.0. The van der Waals surface area contributed by atoms with Gasteiger partial charge in [0.15, 0.2) is 11.3 Å². The predicted molar refractivity (Wildman–Crippen MR) is 428 cm³/mol. The number of nitriles is 3. The Bertz CT molecular complexity index is 4880. The third-order valence-electron chi connectivity index (χ3n) is 21.1. The van der Waals surface area contributed by atoms with Crippen molar-refractivity contribution in [1.82, 2.24) is 0 Å². The molecule has 0 unspecified atom stereocenters. The van der Waals surface area contributed by atoms with Crippen LogP contribution < -0.4 is 4.90 Å². The van der Waals surface area contributed by atoms with Gasteiger partial charge in [0.05, 0.1) is 49.1 Å². The quantitative estimate of drug-likeness (QED) is 0.0360. The zero-order valence-electron chi connectivity index (χ0n) is 58.6. The van der Waals surface area contributed by atoms with Gasteiger partial charge in [0.1, 0.15) is 29.4 Å². The van der Waals surface area contributed by atoms with Gasteiger partial charge in [-0.1, -0.05) is 220 Å². The normalized spacial score (nSPS) is 14.7. The van der Waals surface area contributed by atoms with Crippen molar-refractivity contribution < 1.29 is 4.74 Å². The summed E-state index contributed by atoms with van der Waals surface area (Å²) >= 11 is 11.7. The molecule has 0 fully saturated rings. The first-order chi connectivity index (χ1) is 48.3. The van der Waals surface area contributed by atoms with E-state index in [1.165, 1.54) is 229 Å². The van der Waals surface area contributed by atoms with Crippen molar-refractivity contribution in [3.63, 3.8) is 0 Å². The van der Waals surface area contributed by atoms with E-state index in [1.54, 1.807) is 11.3 Å². The molecule has 99 heavy (non-hydrogen) atoms. The van der Waals surface area contributed by atoms with Crippen LogP contribution in [0.3, 0.4) is 0 Å². The van der Waals surface area contributed by atoms with Crippen molar-refractivity contribution in [3.8, 4) is 37.7 Å². The Balaban J connectivity index is 1.05. The number of thiophene rings is 6. The van der Waals surface area contributed by atoms with Crippen LogP contribution in [0.1, 0.15) is 226 Å². The summed E-state index contributed by atoms with van der Waals surface area (Å²) in [5.74, 6) is 0.0690. The Labute approximate surface area is 610 Å². The molecule has 0 amide bonds. The molecule has 502 valence electrons. The van der Waals surface area contributed by atoms with Crippen LogP contribution in [0, 0.1) is 34.0 Å². The van der Waals surface area contributed by atoms with Crippen LogP contribution in [0.15, 0.2) is 150 Å². The first-order valence-electron chi connectivity index (χ1n) is 36.3. The number of ether oxygens (including phenoxy) is 1. The summed E-state index contributed by atoms with van der Waals surface area (Å²) in [5, 5.41) is 31.4. The molecule has 5 nitrogen and oxygen atoms in total. The van der Waals surface area contributed by atoms with Crippen LogP contribution in [-0.2, 0) is 41.3 Å². The summed E-state index contributed by atoms with van der Waals surface area (Å²) in [7, 11) is 4.19. The lowest BCUT2D eigenvalue weighted by molar-refractivity contribution is 0.109. The highest BCUT2D eigenvalue weighted by Crippen LogP contribution is 2.72. The molecule has 0 atom stereocenters. The first-order valence-corrected chi connectivity index (χ1v) is 41.2. The van der Waals surface area contributed by atoms with Crippen molar-refractivity contribution >= 4 is 120 Å². The third kappa shape index (κ3) is 12.2. The summed E-state index contributed by atoms with van der Waals surface area (Å²) in [6, 6.07) is 59.7. The highest BCUT2D eigenvalue weighted by atomic mass is 32.1. The molecule has 11 aromatic rings. The first kappa shape index (κ1) is 68.5. The predicted octanol–water partition coefficient (Wildman–Crippen LogP) is 26.4. The fraction of sp³-hybridized carbons (Fsp3) is 0.352. The average molecular weight is 1410 g/mol. The van der Waals surface area contributed by atoms with Gasteiger partial charge < -0.3 is 9.64 Å². The third-order valence-corrected chi connectivity index (χ3v) is 28.8. The summed E-state index contributed by atoms with van der Waals surface area (Å²) in [6.45, 7) is 13.1. The minimum absolute atomic E-state index is 0.0690. The Morgan fingerprint density at radius 1 is 0.434 bits per heavy atom. The molecule has 2 aliphatic carbocycles. The lowest BCUT2D eigenvalue weighted by Crippen LogP contribution is -2.29. The highest BCUT2D eigenvalue weighted by molar-refractivity contribution is 7.37. The Morgan fingerprint density at radius 2 is 0.818 bits per heavy atom. The highest BCUT2D eigenvalue weighted by Gasteiger charge is 2.57. The lowest BCUT2D eigenvalue weighted by Gasteiger charge is -2.34. The lowest BCUT2D eigenvalue weighted by atomic mass is 9.67. The topological polar surface area (TPSA) is 83.8 Å². The fourth-order valence-corrected chi connectivity index (χ4v) is 25.0. The van der Waals surface area contributed by atoms with Crippen molar-refractivity contribution in [2.45, 2.75) is 186 Å². The number of nitrogens with zero attached hydrogens (tertiary/aromatic N) is 4. The smallest absolute Gasteiger partial charge is 0.172 e. The van der Waals surface area contributed by atoms with Crippen LogP contribution in [-0.4, -0.2) is 19.7 Å². The second kappa shape index (κ2) is 29.1. The van der Waals surface area contributed by atoms with Gasteiger partial charge in [-0.25, -0.2) is 0 Å². The number of anilines is 1. The van der Waals surface area contributed by atoms with Crippen molar-refractivity contribution in [3.05, 3.63) is 232 Å². The molecule has 0 spiro atoms. The maximum Gasteiger partial charge on any atom is 0.172 e. The van der Waals surface area contributed by atoms with Crippen LogP contribution in [0.5, 0.6) is 0 Å². The van der Waals surface area contributed by atoms with Crippen LogP contribution in [0.2, 0.25) is 0 Å². The molecule has 0 radical (unpaired) electrons. The summed E-state index contributed by atoms with van der Waals surface area (Å²) in [5.41, 5.74) is 17.1. The number of hydrogen-bond acceptors (Lipinski definition) is 11. The summed E-state index contributed by atoms with van der Waals surface area (Å²) in [6.07, 6.45) is 28.4. The number of allylic oxidation sites excluding steroid dienone is 2. The van der Waals surface area contributed by atoms with E-state index < -0.39 is 16.4 Å². The van der Waals surface area contributed by atoms with E-state index in [-0.39, 0.29) is 16.9 Å². The number of benzene rings is 5. The molecule has 5 aromatic carbocycles. The maximum atomic E-state index is 11.0. The second-order valence-corrected chi connectivity index (χ2v) is 34.6. The maximum absolute atomic E-state index is 11.0. The largest absolute Gasteiger partial charge is 0.479 e. The van der Waals surface area contributed by atoms with E-state index in [1.807, 2.05) is 82.7 Å². The molecule has 3 aliphatic rings. The summed E-state index contributed by atoms with van der Waals surface area (Å²) < 4.78 is 14.3. The van der Waals surface area contributed by atoms with Crippen molar-refractivity contribution in [2.24, 2.45) is 0 Å². The summed E-state index contributed by atoms with van der Waals surface area (Å²) in [4.78, 5) is 9.78. The Kier molecular flexibility index (Phi) is 20.2. The minimum atomic E-state index is -0.975. The van der Waals surface area contributed by atoms with Crippen molar-refractivity contribution in [2.75, 3.05) is 19.0 Å². The van der Waals surface area contributed by atoms with Gasteiger partial charge in [0.2, 0.25) is 0 Å². The van der Waals surface area contributed by atoms with E-state index in [4.69, 9.17) is 4.74 Å². The molecule has 7 heterocycles. The molecule has 0 bridgehead atoms. The molecule has 0 N–H and O–H groups in total. The molecule has 6 aromatic heterocycles. The molecule has 1 aliphatic heterocycles. The number of aryl methyl sites for hydroxylation is 4. The number of fused-ring (bicyclic) bond motifs is 13. The van der Waals surface area contributed by atoms with Gasteiger partial charge in [-0.3, -0.25) is 0 Å². The van der Waals surface area contributed by atoms with Gasteiger partial charge >= 0.3 is 0 Å². The van der Waals surface area contributed by atoms with E-state index in [0.717, 1.165) is 40.8 Å². The van der Waals surface area contributed by atoms with E-state index in [9.17, 15) is 15.8 Å². The van der Waals surface area contributed by atoms with Crippen LogP contribution >= 0.6 is 68.0 Å². The van der Waals surface area contributed by atoms with Gasteiger partial charge in [-0.15, -0.1) is 68.0 Å². The number of unbranched alkanes of at least 4 members (excludes halogenated alkanes) is 12.